The lowest BCUT2D eigenvalue weighted by Crippen LogP contribution is -2.18. The van der Waals surface area contributed by atoms with Crippen LogP contribution in [0.5, 0.6) is 5.75 Å². The molecule has 0 aliphatic carbocycles. The molecule has 0 aromatic heterocycles. The first-order valence-corrected chi connectivity index (χ1v) is 5.73. The molecule has 0 heterocycles. The molecular weight excluding hydrogens is 244 g/mol. The Hall–Kier alpha value is -2.62. The highest BCUT2D eigenvalue weighted by Crippen LogP contribution is 2.08. The molecule has 0 bridgehead atoms. The summed E-state index contributed by atoms with van der Waals surface area (Å²) in [5.74, 6) is -0.746. The largest absolute Gasteiger partial charge is 0.450 e. The summed E-state index contributed by atoms with van der Waals surface area (Å²) in [6.07, 6.45) is 0. The number of para-hydroxylation sites is 1. The maximum Gasteiger partial charge on any atom is 0.349 e. The number of carbonyl (C=O) groups is 2. The molecule has 0 aliphatic heterocycles. The van der Waals surface area contributed by atoms with E-state index in [0.29, 0.717) is 11.3 Å². The van der Waals surface area contributed by atoms with Crippen molar-refractivity contribution in [2.45, 2.75) is 0 Å². The van der Waals surface area contributed by atoms with Crippen LogP contribution in [0.15, 0.2) is 60.7 Å². The Kier molecular flexibility index (Phi) is 4.29. The predicted molar refractivity (Wildman–Crippen MR) is 68.8 cm³/mol. The summed E-state index contributed by atoms with van der Waals surface area (Å²) in [5.41, 5.74) is 0.398. The zero-order valence-electron chi connectivity index (χ0n) is 10.1. The molecule has 96 valence electrons. The highest BCUT2D eigenvalue weighted by atomic mass is 16.6. The molecular formula is C15H12O4. The van der Waals surface area contributed by atoms with E-state index in [1.807, 2.05) is 6.07 Å². The van der Waals surface area contributed by atoms with Crippen molar-refractivity contribution in [2.75, 3.05) is 6.61 Å². The molecule has 0 unspecified atom stereocenters. The number of hydrogen-bond acceptors (Lipinski definition) is 4. The third-order valence-corrected chi connectivity index (χ3v) is 2.31. The second kappa shape index (κ2) is 6.35. The molecule has 0 aliphatic rings. The van der Waals surface area contributed by atoms with Gasteiger partial charge in [-0.1, -0.05) is 36.4 Å². The van der Waals surface area contributed by atoms with E-state index < -0.39 is 18.5 Å². The van der Waals surface area contributed by atoms with E-state index in [-0.39, 0.29) is 0 Å². The molecule has 2 aromatic rings. The molecule has 0 atom stereocenters. The Balaban J connectivity index is 1.83. The van der Waals surface area contributed by atoms with Crippen LogP contribution in [0.2, 0.25) is 0 Å². The van der Waals surface area contributed by atoms with E-state index >= 15 is 0 Å². The van der Waals surface area contributed by atoms with Gasteiger partial charge in [0, 0.05) is 0 Å². The van der Waals surface area contributed by atoms with Crippen LogP contribution in [0.3, 0.4) is 0 Å². The van der Waals surface area contributed by atoms with Gasteiger partial charge in [-0.3, -0.25) is 0 Å². The molecule has 0 saturated heterocycles. The van der Waals surface area contributed by atoms with Gasteiger partial charge < -0.3 is 9.47 Å². The van der Waals surface area contributed by atoms with Crippen molar-refractivity contribution in [1.82, 2.24) is 0 Å². The summed E-state index contributed by atoms with van der Waals surface area (Å²) >= 11 is 0. The average Bonchev–Trinajstić information content (AvgIpc) is 2.47. The fourth-order valence-electron chi connectivity index (χ4n) is 1.43. The Morgan fingerprint density at radius 2 is 1.42 bits per heavy atom. The van der Waals surface area contributed by atoms with Gasteiger partial charge in [-0.05, 0) is 24.3 Å². The van der Waals surface area contributed by atoms with E-state index in [4.69, 9.17) is 9.47 Å². The molecule has 2 rings (SSSR count). The van der Waals surface area contributed by atoms with Crippen LogP contribution in [-0.4, -0.2) is 18.5 Å². The van der Waals surface area contributed by atoms with Crippen LogP contribution >= 0.6 is 0 Å². The first-order valence-electron chi connectivity index (χ1n) is 5.73. The second-order valence-electron chi connectivity index (χ2n) is 3.73. The summed E-state index contributed by atoms with van der Waals surface area (Å²) in [6.45, 7) is -0.414. The van der Waals surface area contributed by atoms with Crippen molar-refractivity contribution in [3.8, 4) is 5.75 Å². The van der Waals surface area contributed by atoms with Crippen molar-refractivity contribution in [3.63, 3.8) is 0 Å². The van der Waals surface area contributed by atoms with Gasteiger partial charge in [0.25, 0.3) is 0 Å². The number of carbonyl (C=O) groups excluding carboxylic acids is 2. The Morgan fingerprint density at radius 3 is 2.05 bits per heavy atom. The highest BCUT2D eigenvalue weighted by Gasteiger charge is 2.10. The van der Waals surface area contributed by atoms with Crippen LogP contribution in [0, 0.1) is 0 Å². The van der Waals surface area contributed by atoms with Crippen molar-refractivity contribution >= 4 is 11.9 Å². The maximum atomic E-state index is 11.6. The molecule has 19 heavy (non-hydrogen) atoms. The Bertz CT molecular complexity index is 549. The Labute approximate surface area is 110 Å². The molecule has 0 radical (unpaired) electrons. The van der Waals surface area contributed by atoms with Crippen molar-refractivity contribution in [3.05, 3.63) is 66.2 Å². The predicted octanol–water partition coefficient (Wildman–Crippen LogP) is 2.45. The fourth-order valence-corrected chi connectivity index (χ4v) is 1.43. The van der Waals surface area contributed by atoms with Gasteiger partial charge in [0.05, 0.1) is 5.56 Å². The third-order valence-electron chi connectivity index (χ3n) is 2.31. The van der Waals surface area contributed by atoms with E-state index in [2.05, 4.69) is 0 Å². The van der Waals surface area contributed by atoms with Gasteiger partial charge in [-0.2, -0.15) is 0 Å². The topological polar surface area (TPSA) is 52.6 Å². The highest BCUT2D eigenvalue weighted by molar-refractivity contribution is 5.90. The molecule has 0 fully saturated rings. The zero-order valence-corrected chi connectivity index (χ0v) is 10.1. The van der Waals surface area contributed by atoms with Gasteiger partial charge in [0.2, 0.25) is 0 Å². The summed E-state index contributed by atoms with van der Waals surface area (Å²) in [4.78, 5) is 23.0. The molecule has 0 spiro atoms. The van der Waals surface area contributed by atoms with E-state index in [9.17, 15) is 9.59 Å². The summed E-state index contributed by atoms with van der Waals surface area (Å²) in [6, 6.07) is 17.1. The molecule has 0 N–H and O–H groups in total. The summed E-state index contributed by atoms with van der Waals surface area (Å²) in [5, 5.41) is 0. The number of benzene rings is 2. The Morgan fingerprint density at radius 1 is 0.842 bits per heavy atom. The molecule has 2 aromatic carbocycles. The SMILES string of the molecule is O=C(COC(=O)c1ccccc1)Oc1ccccc1. The minimum Gasteiger partial charge on any atom is -0.450 e. The number of hydrogen-bond donors (Lipinski definition) is 0. The summed E-state index contributed by atoms with van der Waals surface area (Å²) < 4.78 is 9.83. The normalized spacial score (nSPS) is 9.68. The van der Waals surface area contributed by atoms with Crippen molar-refractivity contribution < 1.29 is 19.1 Å². The van der Waals surface area contributed by atoms with E-state index in [1.54, 1.807) is 54.6 Å². The van der Waals surface area contributed by atoms with Gasteiger partial charge in [-0.15, -0.1) is 0 Å². The first kappa shape index (κ1) is 12.8. The van der Waals surface area contributed by atoms with Crippen molar-refractivity contribution in [1.29, 1.82) is 0 Å². The van der Waals surface area contributed by atoms with Crippen LogP contribution in [0.1, 0.15) is 10.4 Å². The first-order chi connectivity index (χ1) is 9.25. The molecule has 4 heteroatoms. The second-order valence-corrected chi connectivity index (χ2v) is 3.73. The summed E-state index contributed by atoms with van der Waals surface area (Å²) in [7, 11) is 0. The van der Waals surface area contributed by atoms with Gasteiger partial charge in [-0.25, -0.2) is 9.59 Å². The minimum absolute atomic E-state index is 0.398. The quantitative estimate of drug-likeness (QED) is 0.622. The number of ether oxygens (including phenoxy) is 2. The lowest BCUT2D eigenvalue weighted by molar-refractivity contribution is -0.137. The average molecular weight is 256 g/mol. The van der Waals surface area contributed by atoms with Crippen LogP contribution in [0.4, 0.5) is 0 Å². The van der Waals surface area contributed by atoms with Gasteiger partial charge in [0.15, 0.2) is 6.61 Å². The van der Waals surface area contributed by atoms with E-state index in [1.165, 1.54) is 0 Å². The van der Waals surface area contributed by atoms with Gasteiger partial charge >= 0.3 is 11.9 Å². The lowest BCUT2D eigenvalue weighted by Gasteiger charge is -2.05. The molecule has 0 saturated carbocycles. The standard InChI is InChI=1S/C15H12O4/c16-14(19-13-9-5-2-6-10-13)11-18-15(17)12-7-3-1-4-8-12/h1-10H,11H2. The van der Waals surface area contributed by atoms with Gasteiger partial charge in [0.1, 0.15) is 5.75 Å². The maximum absolute atomic E-state index is 11.6. The molecule has 4 nitrogen and oxygen atoms in total. The number of rotatable bonds is 4. The van der Waals surface area contributed by atoms with E-state index in [0.717, 1.165) is 0 Å². The lowest BCUT2D eigenvalue weighted by atomic mass is 10.2. The monoisotopic (exact) mass is 256 g/mol. The fraction of sp³-hybridized carbons (Fsp3) is 0.0667. The smallest absolute Gasteiger partial charge is 0.349 e. The zero-order chi connectivity index (χ0) is 13.5. The third kappa shape index (κ3) is 3.96. The van der Waals surface area contributed by atoms with Crippen LogP contribution < -0.4 is 4.74 Å². The minimum atomic E-state index is -0.615. The van der Waals surface area contributed by atoms with Crippen molar-refractivity contribution in [2.24, 2.45) is 0 Å². The number of esters is 2. The molecule has 0 amide bonds. The van der Waals surface area contributed by atoms with Crippen LogP contribution in [-0.2, 0) is 9.53 Å². The van der Waals surface area contributed by atoms with Crippen LogP contribution in [0.25, 0.3) is 0 Å².